The van der Waals surface area contributed by atoms with Gasteiger partial charge in [0, 0.05) is 22.8 Å². The van der Waals surface area contributed by atoms with Crippen LogP contribution in [0.1, 0.15) is 65.2 Å². The van der Waals surface area contributed by atoms with Gasteiger partial charge in [-0.2, -0.15) is 0 Å². The molecule has 26 heavy (non-hydrogen) atoms. The zero-order valence-electron chi connectivity index (χ0n) is 16.4. The molecule has 0 aromatic carbocycles. The summed E-state index contributed by atoms with van der Waals surface area (Å²) in [6.45, 7) is 4.31. The van der Waals surface area contributed by atoms with Gasteiger partial charge in [-0.15, -0.1) is 0 Å². The third-order valence-corrected chi connectivity index (χ3v) is 10.3. The van der Waals surface area contributed by atoms with Gasteiger partial charge in [-0.3, -0.25) is 9.00 Å². The molecular formula is C21H34O4S. The summed E-state index contributed by atoms with van der Waals surface area (Å²) >= 11 is 0. The molecule has 5 aliphatic rings. The smallest absolute Gasteiger partial charge is 0.309 e. The first-order valence-electron chi connectivity index (χ1n) is 10.4. The van der Waals surface area contributed by atoms with E-state index in [1.807, 2.05) is 6.92 Å². The lowest BCUT2D eigenvalue weighted by Gasteiger charge is -2.69. The van der Waals surface area contributed by atoms with Crippen LogP contribution in [0, 0.1) is 39.9 Å². The molecule has 0 heterocycles. The Balaban J connectivity index is 1.71. The summed E-state index contributed by atoms with van der Waals surface area (Å²) in [5.74, 6) is 1.23. The minimum absolute atomic E-state index is 0.0135. The Morgan fingerprint density at radius 1 is 1.12 bits per heavy atom. The van der Waals surface area contributed by atoms with Crippen LogP contribution in [0.15, 0.2) is 0 Å². The number of carboxylic acids is 1. The van der Waals surface area contributed by atoms with Crippen LogP contribution in [0.2, 0.25) is 0 Å². The van der Waals surface area contributed by atoms with Crippen molar-refractivity contribution in [2.24, 2.45) is 39.9 Å². The summed E-state index contributed by atoms with van der Waals surface area (Å²) in [4.78, 5) is 12.1. The van der Waals surface area contributed by atoms with Crippen LogP contribution in [0.4, 0.5) is 0 Å². The van der Waals surface area contributed by atoms with Gasteiger partial charge >= 0.3 is 5.97 Å². The molecular weight excluding hydrogens is 348 g/mol. The molecule has 5 saturated carbocycles. The van der Waals surface area contributed by atoms with E-state index >= 15 is 0 Å². The fraction of sp³-hybridized carbons (Fsp3) is 0.952. The molecule has 5 fully saturated rings. The van der Waals surface area contributed by atoms with Crippen LogP contribution in [0.25, 0.3) is 0 Å². The van der Waals surface area contributed by atoms with Gasteiger partial charge in [0.15, 0.2) is 0 Å². The number of hydrogen-bond acceptors (Lipinski definition) is 3. The van der Waals surface area contributed by atoms with Crippen LogP contribution in [0.3, 0.4) is 0 Å². The van der Waals surface area contributed by atoms with Gasteiger partial charge in [-0.05, 0) is 86.4 Å². The number of carboxylic acid groups (broad SMARTS) is 1. The van der Waals surface area contributed by atoms with Crippen molar-refractivity contribution in [1.29, 1.82) is 0 Å². The second kappa shape index (κ2) is 6.04. The van der Waals surface area contributed by atoms with E-state index in [0.717, 1.165) is 51.4 Å². The molecule has 2 N–H and O–H groups in total. The SMILES string of the molecule is C[S@](=O)C[C@H]1[C@@H]2CC[C@@]3(CC[C@H]4[C@@](C)(CCC[C@@]4(C)C(=O)O)[C@@H]3C2)[C@@H]1O. The highest BCUT2D eigenvalue weighted by Crippen LogP contribution is 2.72. The maximum absolute atomic E-state index is 12.1. The zero-order valence-corrected chi connectivity index (χ0v) is 17.2. The van der Waals surface area contributed by atoms with Crippen LogP contribution in [-0.4, -0.2) is 38.5 Å². The number of hydrogen-bond donors (Lipinski definition) is 2. The summed E-state index contributed by atoms with van der Waals surface area (Å²) in [6.07, 6.45) is 9.42. The fourth-order valence-electron chi connectivity index (χ4n) is 8.23. The molecule has 5 heteroatoms. The Labute approximate surface area is 159 Å². The van der Waals surface area contributed by atoms with Crippen LogP contribution < -0.4 is 0 Å². The first-order valence-corrected chi connectivity index (χ1v) is 12.1. The summed E-state index contributed by atoms with van der Waals surface area (Å²) in [6, 6.07) is 0. The van der Waals surface area contributed by atoms with Gasteiger partial charge in [0.2, 0.25) is 0 Å². The Kier molecular flexibility index (Phi) is 4.39. The van der Waals surface area contributed by atoms with E-state index in [-0.39, 0.29) is 28.8 Å². The van der Waals surface area contributed by atoms with Crippen LogP contribution in [-0.2, 0) is 15.6 Å². The highest BCUT2D eigenvalue weighted by atomic mass is 32.2. The molecule has 0 aromatic heterocycles. The molecule has 0 unspecified atom stereocenters. The zero-order chi connectivity index (χ0) is 18.9. The van der Waals surface area contributed by atoms with Crippen molar-refractivity contribution in [3.05, 3.63) is 0 Å². The Morgan fingerprint density at radius 2 is 1.81 bits per heavy atom. The molecule has 4 nitrogen and oxygen atoms in total. The van der Waals surface area contributed by atoms with E-state index < -0.39 is 22.2 Å². The van der Waals surface area contributed by atoms with Gasteiger partial charge < -0.3 is 10.2 Å². The lowest BCUT2D eigenvalue weighted by atomic mass is 9.35. The van der Waals surface area contributed by atoms with Crippen LogP contribution >= 0.6 is 0 Å². The summed E-state index contributed by atoms with van der Waals surface area (Å²) in [7, 11) is -0.876. The average molecular weight is 383 g/mol. The lowest BCUT2D eigenvalue weighted by Crippen LogP contribution is -2.67. The summed E-state index contributed by atoms with van der Waals surface area (Å²) < 4.78 is 11.9. The van der Waals surface area contributed by atoms with E-state index in [2.05, 4.69) is 6.92 Å². The Hall–Kier alpha value is -0.420. The minimum atomic E-state index is -0.876. The quantitative estimate of drug-likeness (QED) is 0.784. The lowest BCUT2D eigenvalue weighted by molar-refractivity contribution is -0.241. The highest BCUT2D eigenvalue weighted by molar-refractivity contribution is 7.84. The van der Waals surface area contributed by atoms with E-state index in [1.165, 1.54) is 0 Å². The molecule has 0 radical (unpaired) electrons. The van der Waals surface area contributed by atoms with E-state index in [0.29, 0.717) is 17.6 Å². The largest absolute Gasteiger partial charge is 0.481 e. The van der Waals surface area contributed by atoms with Gasteiger partial charge in [-0.1, -0.05) is 13.3 Å². The first-order chi connectivity index (χ1) is 12.1. The maximum atomic E-state index is 12.1. The van der Waals surface area contributed by atoms with E-state index in [4.69, 9.17) is 0 Å². The van der Waals surface area contributed by atoms with E-state index in [9.17, 15) is 19.2 Å². The predicted octanol–water partition coefficient (Wildman–Crippen LogP) is 3.45. The number of aliphatic carboxylic acids is 1. The van der Waals surface area contributed by atoms with Gasteiger partial charge in [0.25, 0.3) is 0 Å². The fourth-order valence-corrected chi connectivity index (χ4v) is 9.23. The average Bonchev–Trinajstić information content (AvgIpc) is 2.57. The second-order valence-electron chi connectivity index (χ2n) is 10.3. The monoisotopic (exact) mass is 382 g/mol. The van der Waals surface area contributed by atoms with Crippen molar-refractivity contribution in [3.8, 4) is 0 Å². The predicted molar refractivity (Wildman–Crippen MR) is 102 cm³/mol. The molecule has 148 valence electrons. The number of carbonyl (C=O) groups is 1. The summed E-state index contributed by atoms with van der Waals surface area (Å²) in [5.41, 5.74) is -0.680. The third-order valence-electron chi connectivity index (χ3n) is 9.40. The standard InChI is InChI=1S/C21H34O4S/c1-19-7-4-8-20(2,18(23)24)15(19)6-10-21-9-5-13(11-16(19)21)14(17(21)22)12-26(3)25/h13-17,22H,4-12H2,1-3H3,(H,23,24)/t13-,14+,15+,16+,17-,19-,20-,21+,26+/m1/s1. The van der Waals surface area contributed by atoms with E-state index in [1.54, 1.807) is 6.26 Å². The molecule has 0 aromatic rings. The number of aliphatic hydroxyl groups excluding tert-OH is 1. The van der Waals surface area contributed by atoms with Gasteiger partial charge in [0.05, 0.1) is 11.5 Å². The second-order valence-corrected chi connectivity index (χ2v) is 11.8. The maximum Gasteiger partial charge on any atom is 0.309 e. The number of rotatable bonds is 3. The summed E-state index contributed by atoms with van der Waals surface area (Å²) in [5, 5.41) is 21.4. The topological polar surface area (TPSA) is 74.6 Å². The van der Waals surface area contributed by atoms with Gasteiger partial charge in [0.1, 0.15) is 0 Å². The normalized spacial score (nSPS) is 54.2. The van der Waals surface area contributed by atoms with Crippen molar-refractivity contribution < 1.29 is 19.2 Å². The molecule has 0 amide bonds. The van der Waals surface area contributed by atoms with Crippen molar-refractivity contribution >= 4 is 16.8 Å². The Morgan fingerprint density at radius 3 is 2.46 bits per heavy atom. The first kappa shape index (κ1) is 18.9. The molecule has 5 aliphatic carbocycles. The molecule has 9 atom stereocenters. The number of fused-ring (bicyclic) bond motifs is 3. The number of aliphatic hydroxyl groups is 1. The molecule has 1 spiro atoms. The van der Waals surface area contributed by atoms with Crippen molar-refractivity contribution in [2.75, 3.05) is 12.0 Å². The van der Waals surface area contributed by atoms with Crippen molar-refractivity contribution in [1.82, 2.24) is 0 Å². The molecule has 5 rings (SSSR count). The molecule has 2 bridgehead atoms. The van der Waals surface area contributed by atoms with Crippen molar-refractivity contribution in [3.63, 3.8) is 0 Å². The van der Waals surface area contributed by atoms with Crippen molar-refractivity contribution in [2.45, 2.75) is 71.3 Å². The molecule has 0 aliphatic heterocycles. The van der Waals surface area contributed by atoms with Crippen LogP contribution in [0.5, 0.6) is 0 Å². The Bertz CT molecular complexity index is 636. The minimum Gasteiger partial charge on any atom is -0.481 e. The highest BCUT2D eigenvalue weighted by Gasteiger charge is 2.68. The third kappa shape index (κ3) is 2.35. The molecule has 0 saturated heterocycles. The van der Waals surface area contributed by atoms with Gasteiger partial charge in [-0.25, -0.2) is 0 Å².